The van der Waals surface area contributed by atoms with Crippen molar-refractivity contribution in [3.63, 3.8) is 0 Å². The third kappa shape index (κ3) is 3.30. The fourth-order valence-electron chi connectivity index (χ4n) is 2.91. The van der Waals surface area contributed by atoms with E-state index in [1.807, 2.05) is 61.5 Å². The van der Waals surface area contributed by atoms with Crippen molar-refractivity contribution in [1.29, 1.82) is 0 Å². The summed E-state index contributed by atoms with van der Waals surface area (Å²) in [6.07, 6.45) is 0. The standard InChI is InChI=1S/C21H21NO3S/c1-16-15-18(13-14-21(16)25-3)26(23,24)22(2)20-12-8-7-11-19(20)17-9-5-4-6-10-17/h4-15H,1-3H3. The van der Waals surface area contributed by atoms with Crippen LogP contribution in [0.2, 0.25) is 0 Å². The zero-order valence-electron chi connectivity index (χ0n) is 15.0. The summed E-state index contributed by atoms with van der Waals surface area (Å²) >= 11 is 0. The van der Waals surface area contributed by atoms with E-state index in [9.17, 15) is 8.42 Å². The molecule has 0 atom stereocenters. The monoisotopic (exact) mass is 367 g/mol. The number of anilines is 1. The van der Waals surface area contributed by atoms with Crippen molar-refractivity contribution in [3.05, 3.63) is 78.4 Å². The molecule has 0 N–H and O–H groups in total. The molecule has 0 saturated heterocycles. The Morgan fingerprint density at radius 3 is 2.19 bits per heavy atom. The van der Waals surface area contributed by atoms with Crippen LogP contribution < -0.4 is 9.04 Å². The van der Waals surface area contributed by atoms with Gasteiger partial charge < -0.3 is 4.74 Å². The Bertz CT molecular complexity index is 1010. The van der Waals surface area contributed by atoms with Gasteiger partial charge in [0.1, 0.15) is 5.75 Å². The van der Waals surface area contributed by atoms with Crippen molar-refractivity contribution in [1.82, 2.24) is 0 Å². The Morgan fingerprint density at radius 1 is 0.885 bits per heavy atom. The number of sulfonamides is 1. The molecule has 0 aliphatic carbocycles. The van der Waals surface area contributed by atoms with Crippen LogP contribution in [-0.4, -0.2) is 22.6 Å². The molecule has 0 heterocycles. The zero-order chi connectivity index (χ0) is 18.7. The molecule has 3 aromatic carbocycles. The van der Waals surface area contributed by atoms with Crippen LogP contribution in [0, 0.1) is 6.92 Å². The number of benzene rings is 3. The molecular weight excluding hydrogens is 346 g/mol. The van der Waals surface area contributed by atoms with Gasteiger partial charge in [0.05, 0.1) is 17.7 Å². The van der Waals surface area contributed by atoms with E-state index >= 15 is 0 Å². The fraction of sp³-hybridized carbons (Fsp3) is 0.143. The van der Waals surface area contributed by atoms with Crippen LogP contribution in [-0.2, 0) is 10.0 Å². The molecule has 0 aromatic heterocycles. The fourth-order valence-corrected chi connectivity index (χ4v) is 4.21. The second kappa shape index (κ2) is 7.22. The number of aryl methyl sites for hydroxylation is 1. The summed E-state index contributed by atoms with van der Waals surface area (Å²) in [5, 5.41) is 0. The second-order valence-corrected chi connectivity index (χ2v) is 7.96. The van der Waals surface area contributed by atoms with Crippen LogP contribution in [0.25, 0.3) is 11.1 Å². The van der Waals surface area contributed by atoms with E-state index in [0.717, 1.165) is 16.7 Å². The minimum Gasteiger partial charge on any atom is -0.496 e. The van der Waals surface area contributed by atoms with E-state index in [-0.39, 0.29) is 4.90 Å². The highest BCUT2D eigenvalue weighted by Gasteiger charge is 2.24. The third-order valence-corrected chi connectivity index (χ3v) is 6.12. The topological polar surface area (TPSA) is 46.6 Å². The lowest BCUT2D eigenvalue weighted by Gasteiger charge is -2.23. The molecule has 0 bridgehead atoms. The van der Waals surface area contributed by atoms with Crippen LogP contribution in [0.4, 0.5) is 5.69 Å². The summed E-state index contributed by atoms with van der Waals surface area (Å²) in [6, 6.07) is 22.1. The molecule has 0 radical (unpaired) electrons. The zero-order valence-corrected chi connectivity index (χ0v) is 15.8. The Morgan fingerprint density at radius 2 is 1.54 bits per heavy atom. The lowest BCUT2D eigenvalue weighted by molar-refractivity contribution is 0.411. The quantitative estimate of drug-likeness (QED) is 0.667. The molecule has 0 spiro atoms. The summed E-state index contributed by atoms with van der Waals surface area (Å²) in [5.41, 5.74) is 3.24. The molecule has 134 valence electrons. The van der Waals surface area contributed by atoms with Crippen LogP contribution in [0.15, 0.2) is 77.7 Å². The molecule has 0 aliphatic heterocycles. The average molecular weight is 367 g/mol. The predicted molar refractivity (Wildman–Crippen MR) is 105 cm³/mol. The highest BCUT2D eigenvalue weighted by atomic mass is 32.2. The first kappa shape index (κ1) is 18.0. The second-order valence-electron chi connectivity index (χ2n) is 5.99. The number of ether oxygens (including phenoxy) is 1. The highest BCUT2D eigenvalue weighted by molar-refractivity contribution is 7.92. The van der Waals surface area contributed by atoms with Crippen LogP contribution in [0.5, 0.6) is 5.75 Å². The van der Waals surface area contributed by atoms with Crippen molar-refractivity contribution in [2.45, 2.75) is 11.8 Å². The van der Waals surface area contributed by atoms with Gasteiger partial charge in [-0.05, 0) is 42.3 Å². The van der Waals surface area contributed by atoms with Gasteiger partial charge >= 0.3 is 0 Å². The molecule has 0 amide bonds. The molecule has 0 fully saturated rings. The third-order valence-electron chi connectivity index (χ3n) is 4.35. The van der Waals surface area contributed by atoms with Crippen LogP contribution in [0.3, 0.4) is 0 Å². The van der Waals surface area contributed by atoms with Gasteiger partial charge in [-0.25, -0.2) is 8.42 Å². The number of nitrogens with zero attached hydrogens (tertiary/aromatic N) is 1. The molecular formula is C21H21NO3S. The van der Waals surface area contributed by atoms with Gasteiger partial charge in [-0.1, -0.05) is 48.5 Å². The molecule has 3 rings (SSSR count). The summed E-state index contributed by atoms with van der Waals surface area (Å²) in [4.78, 5) is 0.237. The van der Waals surface area contributed by atoms with Crippen molar-refractivity contribution in [2.75, 3.05) is 18.5 Å². The number of hydrogen-bond acceptors (Lipinski definition) is 3. The maximum Gasteiger partial charge on any atom is 0.264 e. The van der Waals surface area contributed by atoms with E-state index in [4.69, 9.17) is 4.74 Å². The van der Waals surface area contributed by atoms with E-state index < -0.39 is 10.0 Å². The van der Waals surface area contributed by atoms with Crippen molar-refractivity contribution in [3.8, 4) is 16.9 Å². The van der Waals surface area contributed by atoms with Gasteiger partial charge in [0.25, 0.3) is 10.0 Å². The van der Waals surface area contributed by atoms with Crippen LogP contribution in [0.1, 0.15) is 5.56 Å². The van der Waals surface area contributed by atoms with Gasteiger partial charge in [-0.15, -0.1) is 0 Å². The first-order valence-electron chi connectivity index (χ1n) is 8.23. The molecule has 4 nitrogen and oxygen atoms in total. The van der Waals surface area contributed by atoms with Gasteiger partial charge in [0, 0.05) is 12.6 Å². The van der Waals surface area contributed by atoms with Crippen LogP contribution >= 0.6 is 0 Å². The largest absolute Gasteiger partial charge is 0.496 e. The summed E-state index contributed by atoms with van der Waals surface area (Å²) in [7, 11) is -0.544. The van der Waals surface area contributed by atoms with Crippen molar-refractivity contribution >= 4 is 15.7 Å². The molecule has 0 unspecified atom stereocenters. The maximum absolute atomic E-state index is 13.2. The van der Waals surface area contributed by atoms with Gasteiger partial charge in [0.2, 0.25) is 0 Å². The predicted octanol–water partition coefficient (Wildman–Crippen LogP) is 4.50. The highest BCUT2D eigenvalue weighted by Crippen LogP contribution is 2.33. The maximum atomic E-state index is 13.2. The average Bonchev–Trinajstić information content (AvgIpc) is 2.68. The van der Waals surface area contributed by atoms with Crippen molar-refractivity contribution in [2.24, 2.45) is 0 Å². The lowest BCUT2D eigenvalue weighted by Crippen LogP contribution is -2.27. The number of rotatable bonds is 5. The van der Waals surface area contributed by atoms with Gasteiger partial charge in [-0.2, -0.15) is 0 Å². The molecule has 3 aromatic rings. The minimum atomic E-state index is -3.69. The van der Waals surface area contributed by atoms with E-state index in [0.29, 0.717) is 11.4 Å². The first-order valence-corrected chi connectivity index (χ1v) is 9.67. The number of methoxy groups -OCH3 is 1. The smallest absolute Gasteiger partial charge is 0.264 e. The number of hydrogen-bond donors (Lipinski definition) is 0. The Hall–Kier alpha value is -2.79. The Balaban J connectivity index is 2.07. The molecule has 5 heteroatoms. The van der Waals surface area contributed by atoms with Gasteiger partial charge in [-0.3, -0.25) is 4.31 Å². The molecule has 26 heavy (non-hydrogen) atoms. The van der Waals surface area contributed by atoms with E-state index in [2.05, 4.69) is 0 Å². The summed E-state index contributed by atoms with van der Waals surface area (Å²) in [6.45, 7) is 1.83. The normalized spacial score (nSPS) is 11.2. The summed E-state index contributed by atoms with van der Waals surface area (Å²) in [5.74, 6) is 0.663. The van der Waals surface area contributed by atoms with Crippen molar-refractivity contribution < 1.29 is 13.2 Å². The SMILES string of the molecule is COc1ccc(S(=O)(=O)N(C)c2ccccc2-c2ccccc2)cc1C. The van der Waals surface area contributed by atoms with E-state index in [1.165, 1.54) is 4.31 Å². The minimum absolute atomic E-state index is 0.237. The Labute approximate surface area is 154 Å². The molecule has 0 aliphatic rings. The first-order chi connectivity index (χ1) is 12.4. The lowest BCUT2D eigenvalue weighted by atomic mass is 10.0. The van der Waals surface area contributed by atoms with E-state index in [1.54, 1.807) is 32.4 Å². The van der Waals surface area contributed by atoms with Gasteiger partial charge in [0.15, 0.2) is 0 Å². The Kier molecular flexibility index (Phi) is 5.00. The summed E-state index contributed by atoms with van der Waals surface area (Å²) < 4.78 is 32.9. The number of para-hydroxylation sites is 1. The molecule has 0 saturated carbocycles.